The predicted octanol–water partition coefficient (Wildman–Crippen LogP) is 2.49. The number of aromatic amines is 1. The molecule has 6 nitrogen and oxygen atoms in total. The summed E-state index contributed by atoms with van der Waals surface area (Å²) in [5.74, 6) is -0.0253. The van der Waals surface area contributed by atoms with Crippen molar-refractivity contribution in [2.24, 2.45) is 5.41 Å². The summed E-state index contributed by atoms with van der Waals surface area (Å²) in [7, 11) is 0. The van der Waals surface area contributed by atoms with E-state index >= 15 is 0 Å². The lowest BCUT2D eigenvalue weighted by Crippen LogP contribution is -2.62. The number of nitrogens with zero attached hydrogens (tertiary/aromatic N) is 2. The lowest BCUT2D eigenvalue weighted by molar-refractivity contribution is -0.157. The van der Waals surface area contributed by atoms with E-state index in [1.807, 2.05) is 6.20 Å². The summed E-state index contributed by atoms with van der Waals surface area (Å²) in [5, 5.41) is 21.0. The molecular formula is C19H30N4O2. The molecule has 0 radical (unpaired) electrons. The van der Waals surface area contributed by atoms with Gasteiger partial charge in [-0.2, -0.15) is 5.10 Å². The number of hydrogen-bond acceptors (Lipinski definition) is 4. The number of carbonyl (C=O) groups is 1. The molecule has 2 atom stereocenters. The summed E-state index contributed by atoms with van der Waals surface area (Å²) >= 11 is 0. The zero-order valence-corrected chi connectivity index (χ0v) is 15.0. The number of H-pyrrole nitrogens is 1. The Bertz CT molecular complexity index is 610. The Morgan fingerprint density at radius 2 is 2.12 bits per heavy atom. The summed E-state index contributed by atoms with van der Waals surface area (Å²) in [5.41, 5.74) is 1.95. The Balaban J connectivity index is 1.48. The zero-order chi connectivity index (χ0) is 17.3. The van der Waals surface area contributed by atoms with Gasteiger partial charge in [-0.1, -0.05) is 19.3 Å². The third-order valence-corrected chi connectivity index (χ3v) is 6.68. The Kier molecular flexibility index (Phi) is 4.82. The highest BCUT2D eigenvalue weighted by Crippen LogP contribution is 2.39. The Morgan fingerprint density at radius 3 is 2.92 bits per heavy atom. The fourth-order valence-corrected chi connectivity index (χ4v) is 5.30. The van der Waals surface area contributed by atoms with Crippen molar-refractivity contribution in [2.75, 3.05) is 19.6 Å². The number of piperidine rings is 2. The Hall–Kier alpha value is -1.40. The SMILES string of the molecule is O=C(O)[C@]12CCCN[C@@H]1CCN(Cc1cn[nH]c1C1CCCCC1)C2. The number of nitrogens with one attached hydrogen (secondary N) is 2. The van der Waals surface area contributed by atoms with Crippen molar-refractivity contribution in [3.8, 4) is 0 Å². The molecule has 6 heteroatoms. The van der Waals surface area contributed by atoms with Crippen molar-refractivity contribution >= 4 is 5.97 Å². The number of fused-ring (bicyclic) bond motifs is 1. The van der Waals surface area contributed by atoms with E-state index in [1.165, 1.54) is 43.4 Å². The van der Waals surface area contributed by atoms with Crippen LogP contribution in [0.5, 0.6) is 0 Å². The molecule has 4 rings (SSSR count). The molecule has 2 aliphatic heterocycles. The molecule has 0 unspecified atom stereocenters. The highest BCUT2D eigenvalue weighted by molar-refractivity contribution is 5.76. The maximum absolute atomic E-state index is 12.1. The van der Waals surface area contributed by atoms with E-state index in [9.17, 15) is 9.90 Å². The molecule has 3 heterocycles. The average molecular weight is 346 g/mol. The lowest BCUT2D eigenvalue weighted by atomic mass is 9.70. The zero-order valence-electron chi connectivity index (χ0n) is 15.0. The first-order valence-corrected chi connectivity index (χ1v) is 9.90. The number of rotatable bonds is 4. The molecular weight excluding hydrogens is 316 g/mol. The Morgan fingerprint density at radius 1 is 1.28 bits per heavy atom. The van der Waals surface area contributed by atoms with Gasteiger partial charge in [0.25, 0.3) is 0 Å². The van der Waals surface area contributed by atoms with Crippen LogP contribution in [0.4, 0.5) is 0 Å². The van der Waals surface area contributed by atoms with Gasteiger partial charge in [0.05, 0.1) is 11.6 Å². The first-order valence-electron chi connectivity index (χ1n) is 9.90. The number of aromatic nitrogens is 2. The van der Waals surface area contributed by atoms with E-state index in [0.717, 1.165) is 38.9 Å². The molecule has 1 saturated carbocycles. The van der Waals surface area contributed by atoms with Crippen LogP contribution in [-0.4, -0.2) is 51.8 Å². The van der Waals surface area contributed by atoms with Crippen molar-refractivity contribution in [1.82, 2.24) is 20.4 Å². The van der Waals surface area contributed by atoms with E-state index in [-0.39, 0.29) is 6.04 Å². The van der Waals surface area contributed by atoms with Crippen LogP contribution in [0.3, 0.4) is 0 Å². The second-order valence-corrected chi connectivity index (χ2v) is 8.21. The largest absolute Gasteiger partial charge is 0.481 e. The highest BCUT2D eigenvalue weighted by Gasteiger charge is 2.50. The molecule has 3 fully saturated rings. The van der Waals surface area contributed by atoms with E-state index in [1.54, 1.807) is 0 Å². The second-order valence-electron chi connectivity index (χ2n) is 8.21. The van der Waals surface area contributed by atoms with Crippen LogP contribution >= 0.6 is 0 Å². The van der Waals surface area contributed by atoms with Crippen molar-refractivity contribution < 1.29 is 9.90 Å². The lowest BCUT2D eigenvalue weighted by Gasteiger charge is -2.48. The summed E-state index contributed by atoms with van der Waals surface area (Å²) < 4.78 is 0. The fourth-order valence-electron chi connectivity index (χ4n) is 5.30. The molecule has 0 aromatic carbocycles. The molecule has 138 valence electrons. The molecule has 0 amide bonds. The van der Waals surface area contributed by atoms with E-state index in [2.05, 4.69) is 20.4 Å². The smallest absolute Gasteiger partial charge is 0.312 e. The number of carboxylic acids is 1. The van der Waals surface area contributed by atoms with E-state index in [4.69, 9.17) is 0 Å². The van der Waals surface area contributed by atoms with Crippen molar-refractivity contribution in [1.29, 1.82) is 0 Å². The Labute approximate surface area is 149 Å². The monoisotopic (exact) mass is 346 g/mol. The maximum atomic E-state index is 12.1. The van der Waals surface area contributed by atoms with Crippen LogP contribution < -0.4 is 5.32 Å². The average Bonchev–Trinajstić information content (AvgIpc) is 3.10. The minimum Gasteiger partial charge on any atom is -0.481 e. The van der Waals surface area contributed by atoms with E-state index in [0.29, 0.717) is 12.5 Å². The number of hydrogen-bond donors (Lipinski definition) is 3. The minimum absolute atomic E-state index is 0.122. The van der Waals surface area contributed by atoms with Gasteiger partial charge in [0.15, 0.2) is 0 Å². The topological polar surface area (TPSA) is 81.2 Å². The fraction of sp³-hybridized carbons (Fsp3) is 0.789. The van der Waals surface area contributed by atoms with Crippen molar-refractivity contribution in [3.05, 3.63) is 17.5 Å². The van der Waals surface area contributed by atoms with Crippen LogP contribution in [0.2, 0.25) is 0 Å². The van der Waals surface area contributed by atoms with Crippen molar-refractivity contribution in [3.63, 3.8) is 0 Å². The maximum Gasteiger partial charge on any atom is 0.312 e. The van der Waals surface area contributed by atoms with Gasteiger partial charge in [0.1, 0.15) is 0 Å². The second kappa shape index (κ2) is 7.08. The normalized spacial score (nSPS) is 31.6. The van der Waals surface area contributed by atoms with Crippen LogP contribution in [0.25, 0.3) is 0 Å². The predicted molar refractivity (Wildman–Crippen MR) is 95.4 cm³/mol. The number of aliphatic carboxylic acids is 1. The van der Waals surface area contributed by atoms with Crippen LogP contribution in [0, 0.1) is 5.41 Å². The molecule has 3 aliphatic rings. The van der Waals surface area contributed by atoms with Crippen molar-refractivity contribution in [2.45, 2.75) is 69.9 Å². The molecule has 2 saturated heterocycles. The first kappa shape index (κ1) is 17.0. The summed E-state index contributed by atoms with van der Waals surface area (Å²) in [6, 6.07) is 0.122. The summed E-state index contributed by atoms with van der Waals surface area (Å²) in [6.07, 6.45) is 11.1. The third kappa shape index (κ3) is 3.22. The van der Waals surface area contributed by atoms with Gasteiger partial charge < -0.3 is 10.4 Å². The van der Waals surface area contributed by atoms with Gasteiger partial charge in [-0.3, -0.25) is 14.8 Å². The minimum atomic E-state index is -0.630. The molecule has 1 aliphatic carbocycles. The van der Waals surface area contributed by atoms with Gasteiger partial charge in [-0.15, -0.1) is 0 Å². The van der Waals surface area contributed by atoms with Gasteiger partial charge in [-0.25, -0.2) is 0 Å². The van der Waals surface area contributed by atoms with Crippen LogP contribution in [-0.2, 0) is 11.3 Å². The van der Waals surface area contributed by atoms with Crippen LogP contribution in [0.1, 0.15) is 68.5 Å². The summed E-state index contributed by atoms with van der Waals surface area (Å²) in [6.45, 7) is 3.38. The number of carboxylic acid groups (broad SMARTS) is 1. The van der Waals surface area contributed by atoms with E-state index < -0.39 is 11.4 Å². The molecule has 3 N–H and O–H groups in total. The van der Waals surface area contributed by atoms with Gasteiger partial charge in [-0.05, 0) is 38.6 Å². The molecule has 0 bridgehead atoms. The highest BCUT2D eigenvalue weighted by atomic mass is 16.4. The quantitative estimate of drug-likeness (QED) is 0.780. The molecule has 25 heavy (non-hydrogen) atoms. The third-order valence-electron chi connectivity index (χ3n) is 6.68. The number of likely N-dealkylation sites (tertiary alicyclic amines) is 1. The van der Waals surface area contributed by atoms with Gasteiger partial charge in [0, 0.05) is 42.9 Å². The standard InChI is InChI=1S/C19H30N4O2/c24-18(25)19-8-4-9-20-16(19)7-10-23(13-19)12-15-11-21-22-17(15)14-5-2-1-3-6-14/h11,14,16,20H,1-10,12-13H2,(H,21,22)(H,24,25)/t16-,19+/m1/s1. The molecule has 0 spiro atoms. The van der Waals surface area contributed by atoms with Gasteiger partial charge in [0.2, 0.25) is 0 Å². The first-order chi connectivity index (χ1) is 12.2. The van der Waals surface area contributed by atoms with Gasteiger partial charge >= 0.3 is 5.97 Å². The molecule has 1 aromatic heterocycles. The summed E-state index contributed by atoms with van der Waals surface area (Å²) in [4.78, 5) is 14.4. The van der Waals surface area contributed by atoms with Crippen LogP contribution in [0.15, 0.2) is 6.20 Å². The molecule has 1 aromatic rings.